The molecule has 1 N–H and O–H groups in total. The molecular weight excluding hydrogens is 650 g/mol. The Hall–Kier alpha value is -5.81. The van der Waals surface area contributed by atoms with Crippen LogP contribution in [0.1, 0.15) is 32.6 Å². The summed E-state index contributed by atoms with van der Waals surface area (Å²) in [5, 5.41) is 3.58. The third kappa shape index (κ3) is 9.06. The van der Waals surface area contributed by atoms with E-state index < -0.39 is 17.7 Å². The molecule has 5 aromatic rings. The number of hydrogen-bond acceptors (Lipinski definition) is 9. The molecule has 266 valence electrons. The minimum absolute atomic E-state index is 0.0994. The summed E-state index contributed by atoms with van der Waals surface area (Å²) >= 11 is 0. The molecule has 0 spiro atoms. The smallest absolute Gasteiger partial charge is 0.339 e. The van der Waals surface area contributed by atoms with Crippen LogP contribution in [-0.4, -0.2) is 69.9 Å². The van der Waals surface area contributed by atoms with Gasteiger partial charge in [-0.3, -0.25) is 4.90 Å². The maximum atomic E-state index is 13.6. The highest BCUT2D eigenvalue weighted by Gasteiger charge is 2.25. The molecule has 0 aliphatic rings. The average Bonchev–Trinajstić information content (AvgIpc) is 3.13. The van der Waals surface area contributed by atoms with Gasteiger partial charge in [-0.05, 0) is 54.9 Å². The number of nitrogens with one attached hydrogen (secondary N) is 1. The van der Waals surface area contributed by atoms with E-state index in [-0.39, 0.29) is 18.0 Å². The molecule has 2 amide bonds. The van der Waals surface area contributed by atoms with Gasteiger partial charge in [0.1, 0.15) is 11.7 Å². The van der Waals surface area contributed by atoms with Crippen LogP contribution in [0.15, 0.2) is 100 Å². The lowest BCUT2D eigenvalue weighted by Crippen LogP contribution is -2.35. The second-order valence-electron chi connectivity index (χ2n) is 12.3. The summed E-state index contributed by atoms with van der Waals surface area (Å²) in [4.78, 5) is 43.7. The molecule has 1 atom stereocenters. The highest BCUT2D eigenvalue weighted by molar-refractivity contribution is 5.93. The molecule has 0 bridgehead atoms. The van der Waals surface area contributed by atoms with E-state index in [9.17, 15) is 14.4 Å². The molecule has 4 aromatic carbocycles. The normalized spacial score (nSPS) is 11.6. The molecule has 0 saturated carbocycles. The molecule has 0 aliphatic carbocycles. The first kappa shape index (κ1) is 36.5. The third-order valence-corrected chi connectivity index (χ3v) is 8.56. The van der Waals surface area contributed by atoms with Crippen molar-refractivity contribution in [3.63, 3.8) is 0 Å². The second-order valence-corrected chi connectivity index (χ2v) is 12.3. The molecule has 0 aliphatic heterocycles. The van der Waals surface area contributed by atoms with Gasteiger partial charge < -0.3 is 33.6 Å². The maximum Gasteiger partial charge on any atom is 0.339 e. The van der Waals surface area contributed by atoms with Crippen molar-refractivity contribution >= 4 is 28.7 Å². The van der Waals surface area contributed by atoms with Gasteiger partial charge >= 0.3 is 17.6 Å². The fourth-order valence-electron chi connectivity index (χ4n) is 5.95. The predicted molar refractivity (Wildman–Crippen MR) is 196 cm³/mol. The third-order valence-electron chi connectivity index (χ3n) is 8.56. The van der Waals surface area contributed by atoms with Crippen LogP contribution >= 0.6 is 0 Å². The number of amides is 2. The minimum atomic E-state index is -0.733. The lowest BCUT2D eigenvalue weighted by atomic mass is 10.0. The number of likely N-dealkylation sites (N-methyl/N-ethyl adjacent to an activating group) is 1. The Kier molecular flexibility index (Phi) is 12.0. The molecule has 0 fully saturated rings. The number of fused-ring (bicyclic) bond motifs is 1. The van der Waals surface area contributed by atoms with Crippen molar-refractivity contribution in [2.75, 3.05) is 47.3 Å². The molecular formula is C40H43N3O8. The van der Waals surface area contributed by atoms with Crippen molar-refractivity contribution in [1.82, 2.24) is 9.80 Å². The van der Waals surface area contributed by atoms with E-state index in [1.807, 2.05) is 85.6 Å². The topological polar surface area (TPSA) is 120 Å². The number of ether oxygens (including phenoxy) is 4. The molecule has 1 aromatic heterocycles. The highest BCUT2D eigenvalue weighted by atomic mass is 16.5. The van der Waals surface area contributed by atoms with Gasteiger partial charge in [-0.2, -0.15) is 0 Å². The van der Waals surface area contributed by atoms with E-state index in [1.165, 1.54) is 33.5 Å². The second kappa shape index (κ2) is 16.7. The monoisotopic (exact) mass is 693 g/mol. The highest BCUT2D eigenvalue weighted by Crippen LogP contribution is 2.38. The first-order valence-electron chi connectivity index (χ1n) is 16.5. The maximum absolute atomic E-state index is 13.6. The van der Waals surface area contributed by atoms with Crippen LogP contribution in [0.25, 0.3) is 11.0 Å². The Labute approximate surface area is 297 Å². The lowest BCUT2D eigenvalue weighted by Gasteiger charge is -2.25. The van der Waals surface area contributed by atoms with E-state index in [1.54, 1.807) is 24.1 Å². The van der Waals surface area contributed by atoms with Gasteiger partial charge in [0, 0.05) is 55.8 Å². The lowest BCUT2D eigenvalue weighted by molar-refractivity contribution is 0.0217. The van der Waals surface area contributed by atoms with Crippen LogP contribution in [0.5, 0.6) is 17.2 Å². The van der Waals surface area contributed by atoms with Crippen LogP contribution in [-0.2, 0) is 24.2 Å². The number of rotatable bonds is 14. The van der Waals surface area contributed by atoms with Crippen molar-refractivity contribution in [2.24, 2.45) is 0 Å². The van der Waals surface area contributed by atoms with E-state index >= 15 is 0 Å². The van der Waals surface area contributed by atoms with Crippen LogP contribution in [0.3, 0.4) is 0 Å². The molecule has 51 heavy (non-hydrogen) atoms. The molecule has 0 radical (unpaired) electrons. The molecule has 11 heteroatoms. The Balaban J connectivity index is 1.39. The number of benzene rings is 4. The zero-order valence-electron chi connectivity index (χ0n) is 29.7. The average molecular weight is 694 g/mol. The predicted octanol–water partition coefficient (Wildman–Crippen LogP) is 6.69. The summed E-state index contributed by atoms with van der Waals surface area (Å²) in [6.45, 7) is 3.19. The number of esters is 1. The summed E-state index contributed by atoms with van der Waals surface area (Å²) in [6.07, 6.45) is -0.634. The van der Waals surface area contributed by atoms with Crippen LogP contribution in [0.2, 0.25) is 0 Å². The SMILES string of the molecule is COc1cc(C(=O)OC(Cc2c(C)c3ccc(NC(=O)N(C)Cc4ccccc4)cc3oc2=O)CN(C)Cc2ccccc2)cc(OC)c1OC. The van der Waals surface area contributed by atoms with Gasteiger partial charge in [-0.15, -0.1) is 0 Å². The van der Waals surface area contributed by atoms with Gasteiger partial charge in [-0.1, -0.05) is 60.7 Å². The van der Waals surface area contributed by atoms with Crippen molar-refractivity contribution in [3.05, 3.63) is 129 Å². The van der Waals surface area contributed by atoms with E-state index in [2.05, 4.69) is 5.32 Å². The fraction of sp³-hybridized carbons (Fsp3) is 0.275. The zero-order valence-corrected chi connectivity index (χ0v) is 29.7. The van der Waals surface area contributed by atoms with Gasteiger partial charge in [0.2, 0.25) is 5.75 Å². The van der Waals surface area contributed by atoms with Crippen molar-refractivity contribution in [2.45, 2.75) is 32.5 Å². The minimum Gasteiger partial charge on any atom is -0.493 e. The quantitative estimate of drug-likeness (QED) is 0.100. The van der Waals surface area contributed by atoms with Gasteiger partial charge in [-0.25, -0.2) is 14.4 Å². The Morgan fingerprint density at radius 1 is 0.804 bits per heavy atom. The standard InChI is InChI=1S/C40H43N3O8/c1-26-32-18-17-30(41-40(46)43(3)24-28-15-11-8-12-16-28)21-34(32)51-39(45)33(26)22-31(25-42(2)23-27-13-9-7-10-14-27)50-38(44)29-19-35(47-4)37(49-6)36(20-29)48-5/h7-21,31H,22-25H2,1-6H3,(H,41,46). The Bertz CT molecular complexity index is 2010. The molecule has 1 heterocycles. The van der Waals surface area contributed by atoms with Crippen molar-refractivity contribution in [3.8, 4) is 17.2 Å². The van der Waals surface area contributed by atoms with Crippen molar-refractivity contribution < 1.29 is 33.0 Å². The molecule has 0 saturated heterocycles. The number of aryl methyl sites for hydroxylation is 1. The summed E-state index contributed by atoms with van der Waals surface area (Å²) in [7, 11) is 8.06. The Morgan fingerprint density at radius 2 is 1.41 bits per heavy atom. The number of hydrogen-bond donors (Lipinski definition) is 1. The summed E-state index contributed by atoms with van der Waals surface area (Å²) in [5.41, 5.74) is 3.64. The van der Waals surface area contributed by atoms with Crippen molar-refractivity contribution in [1.29, 1.82) is 0 Å². The number of carbonyl (C=O) groups is 2. The summed E-state index contributed by atoms with van der Waals surface area (Å²) < 4.78 is 28.2. The Morgan fingerprint density at radius 3 is 2.00 bits per heavy atom. The van der Waals surface area contributed by atoms with Crippen LogP contribution < -0.4 is 25.2 Å². The largest absolute Gasteiger partial charge is 0.493 e. The summed E-state index contributed by atoms with van der Waals surface area (Å²) in [6, 6.07) is 27.6. The number of urea groups is 1. The fourth-order valence-corrected chi connectivity index (χ4v) is 5.95. The van der Waals surface area contributed by atoms with Gasteiger partial charge in [0.25, 0.3) is 0 Å². The number of methoxy groups -OCH3 is 3. The first-order chi connectivity index (χ1) is 24.6. The molecule has 11 nitrogen and oxygen atoms in total. The van der Waals surface area contributed by atoms with Crippen LogP contribution in [0.4, 0.5) is 10.5 Å². The molecule has 5 rings (SSSR count). The number of nitrogens with zero attached hydrogens (tertiary/aromatic N) is 2. The van der Waals surface area contributed by atoms with Gasteiger partial charge in [0.05, 0.1) is 26.9 Å². The first-order valence-corrected chi connectivity index (χ1v) is 16.5. The van der Waals surface area contributed by atoms with Gasteiger partial charge in [0.15, 0.2) is 11.5 Å². The van der Waals surface area contributed by atoms with E-state index in [0.29, 0.717) is 64.7 Å². The molecule has 1 unspecified atom stereocenters. The number of carbonyl (C=O) groups excluding carboxylic acids is 2. The van der Waals surface area contributed by atoms with E-state index in [0.717, 1.165) is 11.1 Å². The van der Waals surface area contributed by atoms with E-state index in [4.69, 9.17) is 23.4 Å². The van der Waals surface area contributed by atoms with Crippen LogP contribution in [0, 0.1) is 6.92 Å². The zero-order chi connectivity index (χ0) is 36.5. The number of anilines is 1. The summed E-state index contributed by atoms with van der Waals surface area (Å²) in [5.74, 6) is 0.353.